The molecule has 19 heavy (non-hydrogen) atoms. The standard InChI is InChI=1S/C15H19N3S/c1-18(16)10-12-8-5-9-13-14(12)17-15(19-13)11-6-3-2-4-7-11/h5-6,8-9H,2-4,7,10,16H2,1H3. The van der Waals surface area contributed by atoms with E-state index in [9.17, 15) is 0 Å². The third-order valence-corrected chi connectivity index (χ3v) is 4.58. The van der Waals surface area contributed by atoms with Crippen LogP contribution in [-0.4, -0.2) is 17.0 Å². The lowest BCUT2D eigenvalue weighted by atomic mass is 10.0. The van der Waals surface area contributed by atoms with Crippen molar-refractivity contribution in [1.82, 2.24) is 9.99 Å². The van der Waals surface area contributed by atoms with Gasteiger partial charge in [0.25, 0.3) is 0 Å². The van der Waals surface area contributed by atoms with Crippen molar-refractivity contribution < 1.29 is 0 Å². The fourth-order valence-corrected chi connectivity index (χ4v) is 3.65. The molecule has 0 spiro atoms. The van der Waals surface area contributed by atoms with Crippen molar-refractivity contribution in [3.8, 4) is 0 Å². The molecule has 0 bridgehead atoms. The van der Waals surface area contributed by atoms with Crippen LogP contribution in [0, 0.1) is 0 Å². The maximum absolute atomic E-state index is 5.76. The van der Waals surface area contributed by atoms with Crippen molar-refractivity contribution in [2.45, 2.75) is 32.2 Å². The summed E-state index contributed by atoms with van der Waals surface area (Å²) in [4.78, 5) is 4.86. The fourth-order valence-electron chi connectivity index (χ4n) is 2.57. The number of hydrogen-bond acceptors (Lipinski definition) is 4. The van der Waals surface area contributed by atoms with Gasteiger partial charge < -0.3 is 0 Å². The van der Waals surface area contributed by atoms with Crippen molar-refractivity contribution in [3.05, 3.63) is 34.8 Å². The van der Waals surface area contributed by atoms with Gasteiger partial charge in [0, 0.05) is 13.6 Å². The van der Waals surface area contributed by atoms with E-state index in [1.165, 1.54) is 46.5 Å². The maximum atomic E-state index is 5.76. The first-order valence-corrected chi connectivity index (χ1v) is 7.59. The SMILES string of the molecule is CN(N)Cc1cccc2sc(C3=CCCCC3)nc12. The highest BCUT2D eigenvalue weighted by Gasteiger charge is 2.13. The van der Waals surface area contributed by atoms with E-state index in [2.05, 4.69) is 24.3 Å². The number of aromatic nitrogens is 1. The van der Waals surface area contributed by atoms with Crippen LogP contribution in [0.3, 0.4) is 0 Å². The zero-order valence-electron chi connectivity index (χ0n) is 11.2. The van der Waals surface area contributed by atoms with E-state index >= 15 is 0 Å². The Bertz CT molecular complexity index is 613. The molecule has 1 heterocycles. The summed E-state index contributed by atoms with van der Waals surface area (Å²) in [5.74, 6) is 5.76. The summed E-state index contributed by atoms with van der Waals surface area (Å²) in [5.41, 5.74) is 3.76. The molecule has 1 aromatic carbocycles. The van der Waals surface area contributed by atoms with Gasteiger partial charge in [-0.05, 0) is 42.9 Å². The predicted octanol–water partition coefficient (Wildman–Crippen LogP) is 3.56. The number of thiazole rings is 1. The van der Waals surface area contributed by atoms with Crippen LogP contribution >= 0.6 is 11.3 Å². The van der Waals surface area contributed by atoms with E-state index in [1.54, 1.807) is 16.3 Å². The molecule has 0 unspecified atom stereocenters. The number of allylic oxidation sites excluding steroid dienone is 2. The molecule has 3 rings (SSSR count). The maximum Gasteiger partial charge on any atom is 0.120 e. The molecule has 3 nitrogen and oxygen atoms in total. The van der Waals surface area contributed by atoms with Gasteiger partial charge in [-0.3, -0.25) is 5.84 Å². The van der Waals surface area contributed by atoms with Gasteiger partial charge in [-0.2, -0.15) is 0 Å². The lowest BCUT2D eigenvalue weighted by Crippen LogP contribution is -2.25. The fraction of sp³-hybridized carbons (Fsp3) is 0.400. The van der Waals surface area contributed by atoms with Crippen LogP contribution in [0.5, 0.6) is 0 Å². The van der Waals surface area contributed by atoms with Crippen LogP contribution in [0.15, 0.2) is 24.3 Å². The highest BCUT2D eigenvalue weighted by molar-refractivity contribution is 7.19. The van der Waals surface area contributed by atoms with E-state index in [1.807, 2.05) is 7.05 Å². The van der Waals surface area contributed by atoms with Crippen molar-refractivity contribution >= 4 is 27.1 Å². The first kappa shape index (κ1) is 12.8. The van der Waals surface area contributed by atoms with Crippen LogP contribution in [0.1, 0.15) is 36.3 Å². The molecule has 2 aromatic rings. The smallest absolute Gasteiger partial charge is 0.120 e. The molecule has 0 saturated carbocycles. The number of benzene rings is 1. The third kappa shape index (κ3) is 2.71. The molecular formula is C15H19N3S. The van der Waals surface area contributed by atoms with Crippen LogP contribution in [-0.2, 0) is 6.54 Å². The minimum Gasteiger partial charge on any atom is -0.269 e. The molecular weight excluding hydrogens is 254 g/mol. The topological polar surface area (TPSA) is 42.1 Å². The lowest BCUT2D eigenvalue weighted by Gasteiger charge is -2.10. The molecule has 1 aromatic heterocycles. The van der Waals surface area contributed by atoms with Crippen LogP contribution in [0.2, 0.25) is 0 Å². The summed E-state index contributed by atoms with van der Waals surface area (Å²) >= 11 is 1.81. The average Bonchev–Trinajstić information content (AvgIpc) is 2.84. The Kier molecular flexibility index (Phi) is 3.64. The molecule has 0 amide bonds. The highest BCUT2D eigenvalue weighted by Crippen LogP contribution is 2.33. The number of fused-ring (bicyclic) bond motifs is 1. The van der Waals surface area contributed by atoms with Gasteiger partial charge in [-0.15, -0.1) is 11.3 Å². The molecule has 4 heteroatoms. The average molecular weight is 273 g/mol. The number of rotatable bonds is 3. The monoisotopic (exact) mass is 273 g/mol. The quantitative estimate of drug-likeness (QED) is 0.687. The lowest BCUT2D eigenvalue weighted by molar-refractivity contribution is 0.343. The van der Waals surface area contributed by atoms with Crippen molar-refractivity contribution in [2.24, 2.45) is 5.84 Å². The molecule has 0 fully saturated rings. The Labute approximate surface area is 117 Å². The summed E-state index contributed by atoms with van der Waals surface area (Å²) in [6.45, 7) is 0.736. The van der Waals surface area contributed by atoms with Gasteiger partial charge in [0.2, 0.25) is 0 Å². The van der Waals surface area contributed by atoms with Crippen molar-refractivity contribution in [3.63, 3.8) is 0 Å². The third-order valence-electron chi connectivity index (χ3n) is 3.49. The number of para-hydroxylation sites is 1. The molecule has 1 aliphatic rings. The Hall–Kier alpha value is -1.23. The number of hydrogen-bond donors (Lipinski definition) is 1. The molecule has 1 aliphatic carbocycles. The summed E-state index contributed by atoms with van der Waals surface area (Å²) in [6, 6.07) is 6.36. The minimum absolute atomic E-state index is 0.736. The van der Waals surface area contributed by atoms with Gasteiger partial charge in [-0.1, -0.05) is 18.2 Å². The van der Waals surface area contributed by atoms with E-state index in [0.717, 1.165) is 12.1 Å². The first-order valence-electron chi connectivity index (χ1n) is 6.78. The summed E-state index contributed by atoms with van der Waals surface area (Å²) in [6.07, 6.45) is 7.34. The highest BCUT2D eigenvalue weighted by atomic mass is 32.1. The number of nitrogens with zero attached hydrogens (tertiary/aromatic N) is 2. The minimum atomic E-state index is 0.736. The molecule has 0 atom stereocenters. The molecule has 0 saturated heterocycles. The van der Waals surface area contributed by atoms with Crippen LogP contribution in [0.4, 0.5) is 0 Å². The second-order valence-electron chi connectivity index (χ2n) is 5.17. The number of nitrogens with two attached hydrogens (primary N) is 1. The Morgan fingerprint density at radius 3 is 3.00 bits per heavy atom. The van der Waals surface area contributed by atoms with Gasteiger partial charge in [0.05, 0.1) is 10.2 Å². The van der Waals surface area contributed by atoms with Gasteiger partial charge in [0.15, 0.2) is 0 Å². The molecule has 0 radical (unpaired) electrons. The van der Waals surface area contributed by atoms with E-state index in [4.69, 9.17) is 10.8 Å². The van der Waals surface area contributed by atoms with Crippen molar-refractivity contribution in [1.29, 1.82) is 0 Å². The van der Waals surface area contributed by atoms with E-state index in [-0.39, 0.29) is 0 Å². The van der Waals surface area contributed by atoms with Crippen LogP contribution < -0.4 is 5.84 Å². The van der Waals surface area contributed by atoms with Gasteiger partial charge in [0.1, 0.15) is 5.01 Å². The normalized spacial score (nSPS) is 16.1. The summed E-state index contributed by atoms with van der Waals surface area (Å²) in [5, 5.41) is 2.90. The second-order valence-corrected chi connectivity index (χ2v) is 6.20. The largest absolute Gasteiger partial charge is 0.269 e. The zero-order chi connectivity index (χ0) is 13.2. The zero-order valence-corrected chi connectivity index (χ0v) is 12.0. The van der Waals surface area contributed by atoms with Crippen molar-refractivity contribution in [2.75, 3.05) is 7.05 Å². The van der Waals surface area contributed by atoms with E-state index < -0.39 is 0 Å². The first-order chi connectivity index (χ1) is 9.24. The van der Waals surface area contributed by atoms with Gasteiger partial charge >= 0.3 is 0 Å². The van der Waals surface area contributed by atoms with E-state index in [0.29, 0.717) is 0 Å². The molecule has 0 aliphatic heterocycles. The molecule has 100 valence electrons. The predicted molar refractivity (Wildman–Crippen MR) is 81.7 cm³/mol. The summed E-state index contributed by atoms with van der Waals surface area (Å²) < 4.78 is 1.26. The number of hydrazine groups is 1. The molecule has 2 N–H and O–H groups in total. The summed E-state index contributed by atoms with van der Waals surface area (Å²) in [7, 11) is 1.88. The van der Waals surface area contributed by atoms with Crippen LogP contribution in [0.25, 0.3) is 15.8 Å². The Balaban J connectivity index is 2.02. The van der Waals surface area contributed by atoms with Gasteiger partial charge in [-0.25, -0.2) is 9.99 Å². The second kappa shape index (κ2) is 5.41. The Morgan fingerprint density at radius 1 is 1.37 bits per heavy atom. The Morgan fingerprint density at radius 2 is 2.26 bits per heavy atom.